The minimum atomic E-state index is -0.780. The molecule has 1 unspecified atom stereocenters. The molecule has 5 nitrogen and oxygen atoms in total. The highest BCUT2D eigenvalue weighted by molar-refractivity contribution is 5.96. The smallest absolute Gasteiger partial charge is 0.168 e. The van der Waals surface area contributed by atoms with Crippen LogP contribution in [0.25, 0.3) is 0 Å². The zero-order valence-electron chi connectivity index (χ0n) is 14.7. The Kier molecular flexibility index (Phi) is 5.27. The van der Waals surface area contributed by atoms with Crippen LogP contribution in [0.1, 0.15) is 19.8 Å². The first-order valence-electron chi connectivity index (χ1n) is 8.81. The van der Waals surface area contributed by atoms with Crippen LogP contribution in [0.3, 0.4) is 0 Å². The summed E-state index contributed by atoms with van der Waals surface area (Å²) < 4.78 is 11.1. The van der Waals surface area contributed by atoms with Crippen molar-refractivity contribution < 1.29 is 24.5 Å². The summed E-state index contributed by atoms with van der Waals surface area (Å²) in [5, 5.41) is 20.5. The summed E-state index contributed by atoms with van der Waals surface area (Å²) in [4.78, 5) is 12.3. The molecule has 6 atom stereocenters. The van der Waals surface area contributed by atoms with Crippen LogP contribution < -0.4 is 4.74 Å². The Balaban J connectivity index is 1.64. The van der Waals surface area contributed by atoms with Gasteiger partial charge in [-0.05, 0) is 25.0 Å². The van der Waals surface area contributed by atoms with E-state index in [1.807, 2.05) is 43.3 Å². The van der Waals surface area contributed by atoms with E-state index in [1.54, 1.807) is 13.2 Å². The van der Waals surface area contributed by atoms with E-state index in [-0.39, 0.29) is 30.1 Å². The number of hydrogen-bond donors (Lipinski definition) is 2. The maximum atomic E-state index is 12.3. The summed E-state index contributed by atoms with van der Waals surface area (Å²) in [6.45, 7) is 2.02. The van der Waals surface area contributed by atoms with E-state index >= 15 is 0 Å². The second-order valence-electron chi connectivity index (χ2n) is 7.03. The summed E-state index contributed by atoms with van der Waals surface area (Å²) in [5.74, 6) is 0.435. The van der Waals surface area contributed by atoms with Gasteiger partial charge in [0.05, 0.1) is 6.10 Å². The third kappa shape index (κ3) is 3.24. The number of ether oxygens (including phenoxy) is 2. The van der Waals surface area contributed by atoms with E-state index < -0.39 is 17.8 Å². The number of Topliss-reactive ketones (excluding diaryl/α,β-unsaturated/α-hetero) is 1. The number of aliphatic hydroxyl groups excluding tert-OH is 2. The van der Waals surface area contributed by atoms with Crippen molar-refractivity contribution in [2.24, 2.45) is 17.8 Å². The Bertz CT molecular complexity index is 628. The van der Waals surface area contributed by atoms with Gasteiger partial charge in [-0.15, -0.1) is 0 Å². The van der Waals surface area contributed by atoms with Gasteiger partial charge in [-0.1, -0.05) is 37.3 Å². The van der Waals surface area contributed by atoms with E-state index in [4.69, 9.17) is 9.47 Å². The van der Waals surface area contributed by atoms with E-state index in [9.17, 15) is 15.0 Å². The highest BCUT2D eigenvalue weighted by Crippen LogP contribution is 2.54. The molecule has 25 heavy (non-hydrogen) atoms. The van der Waals surface area contributed by atoms with E-state index in [2.05, 4.69) is 0 Å². The van der Waals surface area contributed by atoms with Crippen molar-refractivity contribution in [2.75, 3.05) is 13.7 Å². The first kappa shape index (κ1) is 18.1. The lowest BCUT2D eigenvalue weighted by atomic mass is 9.50. The van der Waals surface area contributed by atoms with Crippen molar-refractivity contribution in [3.8, 4) is 5.75 Å². The lowest BCUT2D eigenvalue weighted by molar-refractivity contribution is -0.206. The summed E-state index contributed by atoms with van der Waals surface area (Å²) in [6.07, 6.45) is 3.25. The number of aliphatic hydroxyl groups is 2. The molecule has 0 radical (unpaired) electrons. The van der Waals surface area contributed by atoms with Gasteiger partial charge in [-0.3, -0.25) is 4.79 Å². The second-order valence-corrected chi connectivity index (χ2v) is 7.03. The normalized spacial score (nSPS) is 35.9. The van der Waals surface area contributed by atoms with Gasteiger partial charge < -0.3 is 19.7 Å². The van der Waals surface area contributed by atoms with Crippen molar-refractivity contribution in [2.45, 2.75) is 37.6 Å². The lowest BCUT2D eigenvalue weighted by Gasteiger charge is -2.57. The topological polar surface area (TPSA) is 76.0 Å². The molecule has 0 heterocycles. The van der Waals surface area contributed by atoms with E-state index in [0.29, 0.717) is 18.6 Å². The summed E-state index contributed by atoms with van der Waals surface area (Å²) in [6, 6.07) is 9.30. The molecule has 2 fully saturated rings. The second kappa shape index (κ2) is 7.28. The Labute approximate surface area is 148 Å². The Hall–Kier alpha value is -1.69. The number of rotatable bonds is 6. The van der Waals surface area contributed by atoms with Crippen LogP contribution in [0.15, 0.2) is 42.5 Å². The number of benzene rings is 1. The zero-order chi connectivity index (χ0) is 18.0. The Morgan fingerprint density at radius 2 is 2.08 bits per heavy atom. The number of methoxy groups -OCH3 is 1. The van der Waals surface area contributed by atoms with Gasteiger partial charge >= 0.3 is 0 Å². The molecule has 2 aliphatic rings. The largest absolute Gasteiger partial charge is 0.491 e. The predicted octanol–water partition coefficient (Wildman–Crippen LogP) is 1.97. The Morgan fingerprint density at radius 3 is 2.76 bits per heavy atom. The fraction of sp³-hybridized carbons (Fsp3) is 0.550. The van der Waals surface area contributed by atoms with Gasteiger partial charge in [-0.2, -0.15) is 0 Å². The van der Waals surface area contributed by atoms with E-state index in [1.165, 1.54) is 0 Å². The van der Waals surface area contributed by atoms with Gasteiger partial charge in [-0.25, -0.2) is 0 Å². The molecule has 0 aliphatic heterocycles. The molecule has 2 aliphatic carbocycles. The molecule has 3 rings (SSSR count). The third-order valence-corrected chi connectivity index (χ3v) is 5.66. The third-order valence-electron chi connectivity index (χ3n) is 5.66. The van der Waals surface area contributed by atoms with Crippen LogP contribution in [0.2, 0.25) is 0 Å². The van der Waals surface area contributed by atoms with Crippen LogP contribution in [-0.2, 0) is 9.53 Å². The number of carbonyl (C=O) groups excluding carboxylic acids is 1. The molecule has 5 heteroatoms. The molecule has 2 saturated carbocycles. The molecule has 0 bridgehead atoms. The maximum absolute atomic E-state index is 12.3. The van der Waals surface area contributed by atoms with Crippen LogP contribution >= 0.6 is 0 Å². The number of hydrogen-bond acceptors (Lipinski definition) is 5. The van der Waals surface area contributed by atoms with Crippen LogP contribution in [-0.4, -0.2) is 47.5 Å². The Morgan fingerprint density at radius 1 is 1.36 bits per heavy atom. The van der Waals surface area contributed by atoms with Crippen molar-refractivity contribution in [1.29, 1.82) is 0 Å². The van der Waals surface area contributed by atoms with Gasteiger partial charge in [0.2, 0.25) is 0 Å². The minimum absolute atomic E-state index is 0.0489. The fourth-order valence-corrected chi connectivity index (χ4v) is 4.35. The minimum Gasteiger partial charge on any atom is -0.491 e. The highest BCUT2D eigenvalue weighted by Gasteiger charge is 2.65. The maximum Gasteiger partial charge on any atom is 0.168 e. The average Bonchev–Trinajstić information content (AvgIpc) is 2.65. The van der Waals surface area contributed by atoms with Crippen molar-refractivity contribution in [1.82, 2.24) is 0 Å². The van der Waals surface area contributed by atoms with Crippen LogP contribution in [0.4, 0.5) is 0 Å². The quantitative estimate of drug-likeness (QED) is 0.770. The number of ketones is 1. The standard InChI is InChI=1S/C20H26O5/c1-13-18-16(17(22)10-11-20(18,24-2)19(13)23)9-8-14(21)12-25-15-6-4-3-5-7-15/h3-9,13-14,16-18,21-22H,10-12H2,1-2H3/b9-8+/t13?,14-,16+,17-,18-,20-/m1/s1. The van der Waals surface area contributed by atoms with Gasteiger partial charge in [0.1, 0.15) is 24.1 Å². The molecule has 2 N–H and O–H groups in total. The van der Waals surface area contributed by atoms with E-state index in [0.717, 1.165) is 0 Å². The summed E-state index contributed by atoms with van der Waals surface area (Å²) in [5.41, 5.74) is -0.765. The molecule has 0 amide bonds. The monoisotopic (exact) mass is 346 g/mol. The zero-order valence-corrected chi connectivity index (χ0v) is 14.7. The number of fused-ring (bicyclic) bond motifs is 1. The lowest BCUT2D eigenvalue weighted by Crippen LogP contribution is -2.69. The molecule has 0 aromatic heterocycles. The van der Waals surface area contributed by atoms with Crippen molar-refractivity contribution in [3.63, 3.8) is 0 Å². The van der Waals surface area contributed by atoms with Gasteiger partial charge in [0.25, 0.3) is 0 Å². The van der Waals surface area contributed by atoms with Crippen LogP contribution in [0.5, 0.6) is 5.75 Å². The first-order chi connectivity index (χ1) is 12.0. The first-order valence-corrected chi connectivity index (χ1v) is 8.81. The molecule has 136 valence electrons. The summed E-state index contributed by atoms with van der Waals surface area (Å²) >= 11 is 0. The average molecular weight is 346 g/mol. The molecule has 0 saturated heterocycles. The fourth-order valence-electron chi connectivity index (χ4n) is 4.35. The van der Waals surface area contributed by atoms with Crippen molar-refractivity contribution >= 4 is 5.78 Å². The number of carbonyl (C=O) groups is 1. The van der Waals surface area contributed by atoms with Crippen LogP contribution in [0, 0.1) is 17.8 Å². The van der Waals surface area contributed by atoms with Gasteiger partial charge in [0, 0.05) is 24.9 Å². The van der Waals surface area contributed by atoms with Crippen molar-refractivity contribution in [3.05, 3.63) is 42.5 Å². The number of para-hydroxylation sites is 1. The molecular formula is C20H26O5. The molecular weight excluding hydrogens is 320 g/mol. The molecule has 1 aromatic carbocycles. The van der Waals surface area contributed by atoms with Gasteiger partial charge in [0.15, 0.2) is 5.78 Å². The molecule has 1 aromatic rings. The SMILES string of the molecule is CO[C@]12CC[C@@H](O)[C@H](/C=C/[C@@H](O)COc3ccccc3)[C@H]1C(C)C2=O. The predicted molar refractivity (Wildman–Crippen MR) is 93.2 cm³/mol. The molecule has 0 spiro atoms. The summed E-state index contributed by atoms with van der Waals surface area (Å²) in [7, 11) is 1.57. The highest BCUT2D eigenvalue weighted by atomic mass is 16.5.